The van der Waals surface area contributed by atoms with Crippen molar-refractivity contribution in [1.29, 1.82) is 0 Å². The molecule has 0 fully saturated rings. The summed E-state index contributed by atoms with van der Waals surface area (Å²) in [5, 5.41) is 5.99. The Morgan fingerprint density at radius 2 is 2.25 bits per heavy atom. The van der Waals surface area contributed by atoms with Crippen LogP contribution in [0.15, 0.2) is 30.6 Å². The molecule has 2 aromatic heterocycles. The van der Waals surface area contributed by atoms with Crippen LogP contribution >= 0.6 is 0 Å². The van der Waals surface area contributed by atoms with Crippen molar-refractivity contribution in [3.05, 3.63) is 42.1 Å². The van der Waals surface area contributed by atoms with E-state index in [-0.39, 0.29) is 5.91 Å². The maximum absolute atomic E-state index is 12.0. The van der Waals surface area contributed by atoms with Gasteiger partial charge < -0.3 is 15.6 Å². The Hall–Kier alpha value is -2.37. The van der Waals surface area contributed by atoms with Gasteiger partial charge >= 0.3 is 0 Å². The number of amides is 1. The van der Waals surface area contributed by atoms with Crippen LogP contribution in [0.5, 0.6) is 0 Å². The third-order valence-electron chi connectivity index (χ3n) is 2.74. The molecule has 0 spiro atoms. The lowest BCUT2D eigenvalue weighted by molar-refractivity contribution is 0.0949. The second-order valence-corrected chi connectivity index (χ2v) is 4.38. The topological polar surface area (TPSA) is 82.7 Å². The summed E-state index contributed by atoms with van der Waals surface area (Å²) in [6.07, 6.45) is 5.15. The molecule has 0 bridgehead atoms. The number of carbonyl (C=O) groups is 1. The van der Waals surface area contributed by atoms with E-state index in [4.69, 9.17) is 0 Å². The lowest BCUT2D eigenvalue weighted by atomic mass is 10.3. The normalized spacial score (nSPS) is 10.2. The molecule has 2 aromatic rings. The highest BCUT2D eigenvalue weighted by Gasteiger charge is 2.07. The predicted molar refractivity (Wildman–Crippen MR) is 77.6 cm³/mol. The molecular formula is C14H19N5O. The van der Waals surface area contributed by atoms with E-state index >= 15 is 0 Å². The molecule has 0 aromatic carbocycles. The summed E-state index contributed by atoms with van der Waals surface area (Å²) in [4.78, 5) is 23.3. The van der Waals surface area contributed by atoms with Crippen LogP contribution < -0.4 is 10.6 Å². The Balaban J connectivity index is 1.85. The molecule has 2 heterocycles. The van der Waals surface area contributed by atoms with Crippen molar-refractivity contribution in [2.24, 2.45) is 0 Å². The average Bonchev–Trinajstić information content (AvgIpc) is 2.98. The molecule has 0 aliphatic heterocycles. The molecule has 0 unspecified atom stereocenters. The zero-order chi connectivity index (χ0) is 14.2. The molecule has 6 nitrogen and oxygen atoms in total. The lowest BCUT2D eigenvalue weighted by Gasteiger charge is -2.07. The van der Waals surface area contributed by atoms with E-state index in [0.717, 1.165) is 24.6 Å². The maximum Gasteiger partial charge on any atom is 0.269 e. The Morgan fingerprint density at radius 1 is 1.35 bits per heavy atom. The van der Waals surface area contributed by atoms with Gasteiger partial charge in [-0.05, 0) is 18.6 Å². The van der Waals surface area contributed by atoms with Gasteiger partial charge in [-0.3, -0.25) is 4.79 Å². The van der Waals surface area contributed by atoms with Crippen LogP contribution in [-0.4, -0.2) is 33.9 Å². The van der Waals surface area contributed by atoms with Gasteiger partial charge in [0.25, 0.3) is 5.91 Å². The molecule has 0 saturated heterocycles. The molecule has 20 heavy (non-hydrogen) atoms. The Labute approximate surface area is 118 Å². The van der Waals surface area contributed by atoms with Gasteiger partial charge in [0, 0.05) is 31.9 Å². The summed E-state index contributed by atoms with van der Waals surface area (Å²) in [6.45, 7) is 3.45. The number of aromatic amines is 1. The van der Waals surface area contributed by atoms with Crippen LogP contribution in [0.1, 0.15) is 29.7 Å². The molecule has 0 aliphatic rings. The minimum absolute atomic E-state index is 0.170. The summed E-state index contributed by atoms with van der Waals surface area (Å²) in [5.41, 5.74) is 0.422. The molecule has 2 rings (SSSR count). The van der Waals surface area contributed by atoms with Gasteiger partial charge in [0.1, 0.15) is 17.3 Å². The lowest BCUT2D eigenvalue weighted by Crippen LogP contribution is -2.27. The average molecular weight is 273 g/mol. The highest BCUT2D eigenvalue weighted by atomic mass is 16.1. The standard InChI is InChI=1S/C14H19N5O/c1-2-7-15-13-5-3-4-11(19-13)14(20)18-8-6-12-16-9-10-17-12/h3-5,9-10H,2,6-8H2,1H3,(H,15,19)(H,16,17)(H,18,20). The number of nitrogens with one attached hydrogen (secondary N) is 3. The molecule has 6 heteroatoms. The van der Waals surface area contributed by atoms with Crippen molar-refractivity contribution in [3.63, 3.8) is 0 Å². The maximum atomic E-state index is 12.0. The fraction of sp³-hybridized carbons (Fsp3) is 0.357. The first-order valence-electron chi connectivity index (χ1n) is 6.77. The number of pyridine rings is 1. The summed E-state index contributed by atoms with van der Waals surface area (Å²) < 4.78 is 0. The minimum atomic E-state index is -0.170. The van der Waals surface area contributed by atoms with Gasteiger partial charge in [-0.15, -0.1) is 0 Å². The van der Waals surface area contributed by atoms with E-state index in [2.05, 4.69) is 32.5 Å². The predicted octanol–water partition coefficient (Wildman–Crippen LogP) is 1.60. The van der Waals surface area contributed by atoms with Crippen molar-refractivity contribution >= 4 is 11.7 Å². The summed E-state index contributed by atoms with van der Waals surface area (Å²) in [6, 6.07) is 5.39. The third kappa shape index (κ3) is 4.08. The van der Waals surface area contributed by atoms with Crippen molar-refractivity contribution in [2.45, 2.75) is 19.8 Å². The van der Waals surface area contributed by atoms with E-state index in [9.17, 15) is 4.79 Å². The molecule has 1 amide bonds. The first kappa shape index (κ1) is 14.0. The minimum Gasteiger partial charge on any atom is -0.370 e. The first-order valence-corrected chi connectivity index (χ1v) is 6.77. The number of aromatic nitrogens is 3. The fourth-order valence-corrected chi connectivity index (χ4v) is 1.73. The molecule has 3 N–H and O–H groups in total. The highest BCUT2D eigenvalue weighted by Crippen LogP contribution is 2.04. The van der Waals surface area contributed by atoms with Gasteiger partial charge in [-0.2, -0.15) is 0 Å². The summed E-state index contributed by atoms with van der Waals surface area (Å²) in [5.74, 6) is 1.42. The Morgan fingerprint density at radius 3 is 3.00 bits per heavy atom. The zero-order valence-corrected chi connectivity index (χ0v) is 11.5. The van der Waals surface area contributed by atoms with Gasteiger partial charge in [-0.1, -0.05) is 13.0 Å². The Kier molecular flexibility index (Phi) is 5.11. The Bertz CT molecular complexity index is 538. The van der Waals surface area contributed by atoms with Gasteiger partial charge in [0.15, 0.2) is 0 Å². The SMILES string of the molecule is CCCNc1cccc(C(=O)NCCc2ncc[nH]2)n1. The van der Waals surface area contributed by atoms with Crippen LogP contribution in [0.3, 0.4) is 0 Å². The zero-order valence-electron chi connectivity index (χ0n) is 11.5. The summed E-state index contributed by atoms with van der Waals surface area (Å²) >= 11 is 0. The number of carbonyl (C=O) groups excluding carboxylic acids is 1. The molecule has 0 radical (unpaired) electrons. The monoisotopic (exact) mass is 273 g/mol. The quantitative estimate of drug-likeness (QED) is 0.715. The number of imidazole rings is 1. The number of rotatable bonds is 7. The number of H-pyrrole nitrogens is 1. The van der Waals surface area contributed by atoms with Gasteiger partial charge in [-0.25, -0.2) is 9.97 Å². The van der Waals surface area contributed by atoms with Crippen LogP contribution in [-0.2, 0) is 6.42 Å². The molecule has 0 atom stereocenters. The van der Waals surface area contributed by atoms with E-state index in [1.807, 2.05) is 12.1 Å². The number of anilines is 1. The number of hydrogen-bond acceptors (Lipinski definition) is 4. The second-order valence-electron chi connectivity index (χ2n) is 4.38. The molecule has 0 aliphatic carbocycles. The van der Waals surface area contributed by atoms with E-state index in [1.54, 1.807) is 18.5 Å². The van der Waals surface area contributed by atoms with E-state index in [0.29, 0.717) is 18.7 Å². The largest absolute Gasteiger partial charge is 0.370 e. The number of hydrogen-bond donors (Lipinski definition) is 3. The van der Waals surface area contributed by atoms with E-state index < -0.39 is 0 Å². The van der Waals surface area contributed by atoms with Crippen LogP contribution in [0, 0.1) is 0 Å². The van der Waals surface area contributed by atoms with E-state index in [1.165, 1.54) is 0 Å². The number of nitrogens with zero attached hydrogens (tertiary/aromatic N) is 2. The van der Waals surface area contributed by atoms with Crippen molar-refractivity contribution < 1.29 is 4.79 Å². The molecule has 106 valence electrons. The first-order chi connectivity index (χ1) is 9.79. The second kappa shape index (κ2) is 7.28. The molecule has 0 saturated carbocycles. The van der Waals surface area contributed by atoms with Gasteiger partial charge in [0.2, 0.25) is 0 Å². The van der Waals surface area contributed by atoms with Crippen LogP contribution in [0.4, 0.5) is 5.82 Å². The van der Waals surface area contributed by atoms with Crippen molar-refractivity contribution in [3.8, 4) is 0 Å². The molecular weight excluding hydrogens is 254 g/mol. The van der Waals surface area contributed by atoms with Gasteiger partial charge in [0.05, 0.1) is 0 Å². The smallest absolute Gasteiger partial charge is 0.269 e. The van der Waals surface area contributed by atoms with Crippen molar-refractivity contribution in [1.82, 2.24) is 20.3 Å². The fourth-order valence-electron chi connectivity index (χ4n) is 1.73. The van der Waals surface area contributed by atoms with Crippen LogP contribution in [0.2, 0.25) is 0 Å². The summed E-state index contributed by atoms with van der Waals surface area (Å²) in [7, 11) is 0. The van der Waals surface area contributed by atoms with Crippen molar-refractivity contribution in [2.75, 3.05) is 18.4 Å². The van der Waals surface area contributed by atoms with Crippen LogP contribution in [0.25, 0.3) is 0 Å². The third-order valence-corrected chi connectivity index (χ3v) is 2.74. The highest BCUT2D eigenvalue weighted by molar-refractivity contribution is 5.92.